The maximum Gasteiger partial charge on any atom is 0.322 e. The van der Waals surface area contributed by atoms with Crippen molar-refractivity contribution in [3.63, 3.8) is 0 Å². The van der Waals surface area contributed by atoms with Crippen LogP contribution in [0.15, 0.2) is 57.8 Å². The molecule has 1 aromatic heterocycles. The molecule has 2 aromatic carbocycles. The molecule has 6 nitrogen and oxygen atoms in total. The average molecular weight is 397 g/mol. The zero-order chi connectivity index (χ0) is 20.1. The summed E-state index contributed by atoms with van der Waals surface area (Å²) in [5.74, 6) is 0.179. The number of aromatic nitrogens is 2. The smallest absolute Gasteiger partial charge is 0.322 e. The minimum Gasteiger partial charge on any atom is -0.407 e. The first-order valence-corrected chi connectivity index (χ1v) is 9.95. The molecule has 0 aliphatic rings. The zero-order valence-corrected chi connectivity index (χ0v) is 17.3. The second-order valence-electron chi connectivity index (χ2n) is 6.88. The van der Waals surface area contributed by atoms with E-state index >= 15 is 0 Å². The summed E-state index contributed by atoms with van der Waals surface area (Å²) in [4.78, 5) is 15.5. The number of amides is 1. The number of carbonyl (C=O) groups excluding carboxylic acids is 1. The molecular formula is C21H24N4O2S. The zero-order valence-electron chi connectivity index (χ0n) is 16.5. The van der Waals surface area contributed by atoms with E-state index in [0.717, 1.165) is 11.3 Å². The number of nitrogens with one attached hydrogen (secondary N) is 1. The van der Waals surface area contributed by atoms with Gasteiger partial charge >= 0.3 is 6.01 Å². The number of anilines is 2. The standard InChI is InChI=1S/C21H24N4O2S/c1-14(2)28-18-11-5-15(6-12-18)13-19-23-24-21(27-19)22-20(26)16-7-9-17(10-8-16)25(3)4/h5-12,14H,13H2,1-4H3,(H,22,24,26). The molecule has 0 fully saturated rings. The van der Waals surface area contributed by atoms with E-state index < -0.39 is 0 Å². The topological polar surface area (TPSA) is 71.3 Å². The molecule has 28 heavy (non-hydrogen) atoms. The fourth-order valence-electron chi connectivity index (χ4n) is 2.59. The highest BCUT2D eigenvalue weighted by atomic mass is 32.2. The molecule has 0 unspecified atom stereocenters. The SMILES string of the molecule is CC(C)Sc1ccc(Cc2nnc(NC(=O)c3ccc(N(C)C)cc3)o2)cc1. The first kappa shape index (κ1) is 19.9. The number of rotatable bonds is 7. The van der Waals surface area contributed by atoms with Crippen LogP contribution in [0.5, 0.6) is 0 Å². The molecule has 146 valence electrons. The van der Waals surface area contributed by atoms with Gasteiger partial charge in [-0.25, -0.2) is 0 Å². The van der Waals surface area contributed by atoms with Crippen LogP contribution in [0.3, 0.4) is 0 Å². The van der Waals surface area contributed by atoms with E-state index in [4.69, 9.17) is 4.42 Å². The molecule has 3 aromatic rings. The molecule has 0 spiro atoms. The fourth-order valence-corrected chi connectivity index (χ4v) is 3.43. The Balaban J connectivity index is 1.59. The van der Waals surface area contributed by atoms with Crippen molar-refractivity contribution >= 4 is 29.4 Å². The Bertz CT molecular complexity index is 918. The molecule has 3 rings (SSSR count). The first-order valence-electron chi connectivity index (χ1n) is 9.07. The Morgan fingerprint density at radius 3 is 2.36 bits per heavy atom. The van der Waals surface area contributed by atoms with Crippen molar-refractivity contribution in [2.24, 2.45) is 0 Å². The van der Waals surface area contributed by atoms with Crippen LogP contribution in [0.2, 0.25) is 0 Å². The monoisotopic (exact) mass is 396 g/mol. The summed E-state index contributed by atoms with van der Waals surface area (Å²) in [6.07, 6.45) is 0.521. The van der Waals surface area contributed by atoms with E-state index in [2.05, 4.69) is 53.6 Å². The van der Waals surface area contributed by atoms with Crippen LogP contribution in [0, 0.1) is 0 Å². The third-order valence-corrected chi connectivity index (χ3v) is 5.00. The number of benzene rings is 2. The number of thioether (sulfide) groups is 1. The summed E-state index contributed by atoms with van der Waals surface area (Å²) in [7, 11) is 3.90. The van der Waals surface area contributed by atoms with Gasteiger partial charge in [-0.2, -0.15) is 0 Å². The van der Waals surface area contributed by atoms with Gasteiger partial charge < -0.3 is 9.32 Å². The Kier molecular flexibility index (Phi) is 6.36. The third-order valence-electron chi connectivity index (χ3n) is 3.98. The fraction of sp³-hybridized carbons (Fsp3) is 0.286. The quantitative estimate of drug-likeness (QED) is 0.594. The highest BCUT2D eigenvalue weighted by molar-refractivity contribution is 7.99. The second-order valence-corrected chi connectivity index (χ2v) is 8.53. The summed E-state index contributed by atoms with van der Waals surface area (Å²) >= 11 is 1.82. The van der Waals surface area contributed by atoms with Gasteiger partial charge in [-0.15, -0.1) is 16.9 Å². The maximum absolute atomic E-state index is 12.3. The lowest BCUT2D eigenvalue weighted by molar-refractivity contribution is 0.102. The molecule has 1 N–H and O–H groups in total. The molecule has 0 radical (unpaired) electrons. The van der Waals surface area contributed by atoms with Crippen molar-refractivity contribution in [2.45, 2.75) is 30.4 Å². The van der Waals surface area contributed by atoms with E-state index in [9.17, 15) is 4.79 Å². The molecule has 7 heteroatoms. The Morgan fingerprint density at radius 2 is 1.75 bits per heavy atom. The van der Waals surface area contributed by atoms with Crippen molar-refractivity contribution in [3.05, 3.63) is 65.5 Å². The maximum atomic E-state index is 12.3. The largest absolute Gasteiger partial charge is 0.407 e. The Hall–Kier alpha value is -2.80. The molecule has 1 heterocycles. The molecule has 0 bridgehead atoms. The van der Waals surface area contributed by atoms with Crippen molar-refractivity contribution < 1.29 is 9.21 Å². The van der Waals surface area contributed by atoms with E-state index in [1.165, 1.54) is 4.90 Å². The summed E-state index contributed by atoms with van der Waals surface area (Å²) in [6.45, 7) is 4.34. The minimum absolute atomic E-state index is 0.101. The van der Waals surface area contributed by atoms with Gasteiger partial charge in [0.15, 0.2) is 0 Å². The van der Waals surface area contributed by atoms with Crippen molar-refractivity contribution in [3.8, 4) is 0 Å². The van der Waals surface area contributed by atoms with E-state index in [1.54, 1.807) is 12.1 Å². The second kappa shape index (κ2) is 8.93. The lowest BCUT2D eigenvalue weighted by Crippen LogP contribution is -2.13. The molecule has 0 atom stereocenters. The number of hydrogen-bond acceptors (Lipinski definition) is 6. The van der Waals surface area contributed by atoms with Crippen molar-refractivity contribution in [1.82, 2.24) is 10.2 Å². The first-order chi connectivity index (χ1) is 13.4. The lowest BCUT2D eigenvalue weighted by Gasteiger charge is -2.12. The van der Waals surface area contributed by atoms with Crippen LogP contribution < -0.4 is 10.2 Å². The minimum atomic E-state index is -0.282. The van der Waals surface area contributed by atoms with Crippen LogP contribution in [-0.2, 0) is 6.42 Å². The lowest BCUT2D eigenvalue weighted by atomic mass is 10.1. The molecule has 0 saturated heterocycles. The molecule has 0 saturated carbocycles. The van der Waals surface area contributed by atoms with Crippen LogP contribution in [0.4, 0.5) is 11.7 Å². The van der Waals surface area contributed by atoms with Crippen LogP contribution in [0.25, 0.3) is 0 Å². The summed E-state index contributed by atoms with van der Waals surface area (Å²) < 4.78 is 5.57. The van der Waals surface area contributed by atoms with Crippen molar-refractivity contribution in [2.75, 3.05) is 24.3 Å². The van der Waals surface area contributed by atoms with E-state index in [1.807, 2.05) is 42.9 Å². The number of nitrogens with zero attached hydrogens (tertiary/aromatic N) is 3. The van der Waals surface area contributed by atoms with E-state index in [0.29, 0.717) is 23.1 Å². The van der Waals surface area contributed by atoms with Gasteiger partial charge in [0.2, 0.25) is 5.89 Å². The van der Waals surface area contributed by atoms with Gasteiger partial charge in [0.1, 0.15) is 0 Å². The Labute approximate surface area is 169 Å². The summed E-state index contributed by atoms with van der Waals surface area (Å²) in [6, 6.07) is 15.7. The highest BCUT2D eigenvalue weighted by Gasteiger charge is 2.12. The molecule has 1 amide bonds. The Morgan fingerprint density at radius 1 is 1.07 bits per heavy atom. The predicted molar refractivity (Wildman–Crippen MR) is 113 cm³/mol. The predicted octanol–water partition coefficient (Wildman–Crippen LogP) is 4.48. The van der Waals surface area contributed by atoms with Crippen molar-refractivity contribution in [1.29, 1.82) is 0 Å². The van der Waals surface area contributed by atoms with Crippen LogP contribution in [-0.4, -0.2) is 35.4 Å². The molecule has 0 aliphatic heterocycles. The van der Waals surface area contributed by atoms with Gasteiger partial charge in [0, 0.05) is 35.5 Å². The van der Waals surface area contributed by atoms with E-state index in [-0.39, 0.29) is 11.9 Å². The van der Waals surface area contributed by atoms with Gasteiger partial charge in [-0.1, -0.05) is 31.1 Å². The molecular weight excluding hydrogens is 372 g/mol. The van der Waals surface area contributed by atoms with Gasteiger partial charge in [-0.05, 0) is 42.0 Å². The van der Waals surface area contributed by atoms with Crippen LogP contribution in [0.1, 0.15) is 35.7 Å². The summed E-state index contributed by atoms with van der Waals surface area (Å²) in [5.41, 5.74) is 2.63. The average Bonchev–Trinajstić information content (AvgIpc) is 3.09. The molecule has 0 aliphatic carbocycles. The number of hydrogen-bond donors (Lipinski definition) is 1. The van der Waals surface area contributed by atoms with Gasteiger partial charge in [0.05, 0.1) is 6.42 Å². The van der Waals surface area contributed by atoms with Gasteiger partial charge in [-0.3, -0.25) is 10.1 Å². The normalized spacial score (nSPS) is 10.9. The highest BCUT2D eigenvalue weighted by Crippen LogP contribution is 2.23. The number of carbonyl (C=O) groups is 1. The third kappa shape index (κ3) is 5.36. The van der Waals surface area contributed by atoms with Crippen LogP contribution >= 0.6 is 11.8 Å². The summed E-state index contributed by atoms with van der Waals surface area (Å²) in [5, 5.41) is 11.1. The van der Waals surface area contributed by atoms with Gasteiger partial charge in [0.25, 0.3) is 5.91 Å².